The second-order valence-corrected chi connectivity index (χ2v) is 6.54. The molecule has 1 aromatic carbocycles. The van der Waals surface area contributed by atoms with Crippen molar-refractivity contribution >= 4 is 17.5 Å². The quantitative estimate of drug-likeness (QED) is 0.786. The summed E-state index contributed by atoms with van der Waals surface area (Å²) in [5.41, 5.74) is 2.34. The van der Waals surface area contributed by atoms with E-state index in [1.807, 2.05) is 13.8 Å². The lowest BCUT2D eigenvalue weighted by atomic mass is 10.1. The molecule has 0 saturated carbocycles. The molecule has 1 aliphatic heterocycles. The number of hydrogen-bond donors (Lipinski definition) is 1. The summed E-state index contributed by atoms with van der Waals surface area (Å²) in [6.45, 7) is 6.50. The number of ether oxygens (including phenoxy) is 4. The number of aryl methyl sites for hydroxylation is 2. The number of methoxy groups -OCH3 is 3. The smallest absolute Gasteiger partial charge is 0.256 e. The molecule has 1 saturated heterocycles. The maximum Gasteiger partial charge on any atom is 0.256 e. The van der Waals surface area contributed by atoms with Gasteiger partial charge in [-0.05, 0) is 26.0 Å². The van der Waals surface area contributed by atoms with E-state index in [0.717, 1.165) is 13.1 Å². The van der Waals surface area contributed by atoms with Gasteiger partial charge in [-0.2, -0.15) is 0 Å². The van der Waals surface area contributed by atoms with Gasteiger partial charge < -0.3 is 29.2 Å². The molecule has 9 heteroatoms. The monoisotopic (exact) mass is 402 g/mol. The molecule has 2 heterocycles. The Bertz CT molecular complexity index is 848. The zero-order valence-electron chi connectivity index (χ0n) is 17.4. The molecule has 2 aromatic rings. The summed E-state index contributed by atoms with van der Waals surface area (Å²) in [5.74, 6) is 1.57. The third-order valence-electron chi connectivity index (χ3n) is 4.72. The Morgan fingerprint density at radius 1 is 1.00 bits per heavy atom. The third kappa shape index (κ3) is 4.34. The molecule has 29 heavy (non-hydrogen) atoms. The molecule has 9 nitrogen and oxygen atoms in total. The maximum atomic E-state index is 12.9. The molecule has 0 radical (unpaired) electrons. The van der Waals surface area contributed by atoms with E-state index in [-0.39, 0.29) is 5.91 Å². The van der Waals surface area contributed by atoms with E-state index in [2.05, 4.69) is 20.2 Å². The van der Waals surface area contributed by atoms with Crippen LogP contribution in [0.15, 0.2) is 12.1 Å². The molecule has 0 spiro atoms. The van der Waals surface area contributed by atoms with Crippen LogP contribution >= 0.6 is 0 Å². The first-order chi connectivity index (χ1) is 14.0. The van der Waals surface area contributed by atoms with Crippen LogP contribution in [-0.4, -0.2) is 63.5 Å². The lowest BCUT2D eigenvalue weighted by Gasteiger charge is -2.27. The summed E-state index contributed by atoms with van der Waals surface area (Å²) in [4.78, 5) is 24.1. The van der Waals surface area contributed by atoms with Crippen molar-refractivity contribution in [3.63, 3.8) is 0 Å². The molecule has 1 amide bonds. The molecule has 1 N–H and O–H groups in total. The van der Waals surface area contributed by atoms with Gasteiger partial charge in [0.25, 0.3) is 5.91 Å². The number of hydrogen-bond acceptors (Lipinski definition) is 8. The van der Waals surface area contributed by atoms with E-state index < -0.39 is 0 Å². The summed E-state index contributed by atoms with van der Waals surface area (Å²) >= 11 is 0. The minimum absolute atomic E-state index is 0.321. The molecule has 1 aromatic heterocycles. The zero-order valence-corrected chi connectivity index (χ0v) is 17.4. The molecular weight excluding hydrogens is 376 g/mol. The van der Waals surface area contributed by atoms with E-state index in [4.69, 9.17) is 18.9 Å². The fraction of sp³-hybridized carbons (Fsp3) is 0.450. The fourth-order valence-corrected chi connectivity index (χ4v) is 3.18. The van der Waals surface area contributed by atoms with Gasteiger partial charge in [0.05, 0.1) is 51.6 Å². The zero-order chi connectivity index (χ0) is 21.0. The second kappa shape index (κ2) is 8.95. The van der Waals surface area contributed by atoms with E-state index >= 15 is 0 Å². The normalized spacial score (nSPS) is 13.8. The Labute approximate surface area is 169 Å². The van der Waals surface area contributed by atoms with Crippen LogP contribution in [0.4, 0.5) is 11.6 Å². The molecule has 0 atom stereocenters. The van der Waals surface area contributed by atoms with E-state index in [1.54, 1.807) is 12.1 Å². The number of amides is 1. The molecule has 1 fully saturated rings. The van der Waals surface area contributed by atoms with Crippen molar-refractivity contribution in [2.24, 2.45) is 0 Å². The highest BCUT2D eigenvalue weighted by Gasteiger charge is 2.20. The first kappa shape index (κ1) is 20.7. The van der Waals surface area contributed by atoms with Crippen molar-refractivity contribution in [3.8, 4) is 17.2 Å². The number of carbonyl (C=O) groups is 1. The van der Waals surface area contributed by atoms with E-state index in [9.17, 15) is 4.79 Å². The van der Waals surface area contributed by atoms with Gasteiger partial charge in [0.2, 0.25) is 11.7 Å². The number of aromatic nitrogens is 2. The number of rotatable bonds is 6. The summed E-state index contributed by atoms with van der Waals surface area (Å²) in [7, 11) is 4.52. The van der Waals surface area contributed by atoms with E-state index in [1.165, 1.54) is 21.3 Å². The van der Waals surface area contributed by atoms with Crippen LogP contribution in [0.1, 0.15) is 21.7 Å². The Morgan fingerprint density at radius 2 is 1.55 bits per heavy atom. The highest BCUT2D eigenvalue weighted by Crippen LogP contribution is 2.38. The van der Waals surface area contributed by atoms with Crippen molar-refractivity contribution in [2.75, 3.05) is 57.8 Å². The van der Waals surface area contributed by atoms with Crippen molar-refractivity contribution in [1.82, 2.24) is 9.97 Å². The Kier molecular flexibility index (Phi) is 6.38. The third-order valence-corrected chi connectivity index (χ3v) is 4.72. The molecule has 156 valence electrons. The highest BCUT2D eigenvalue weighted by molar-refractivity contribution is 6.05. The minimum Gasteiger partial charge on any atom is -0.493 e. The maximum absolute atomic E-state index is 12.9. The minimum atomic E-state index is -0.321. The average molecular weight is 402 g/mol. The van der Waals surface area contributed by atoms with Crippen LogP contribution in [0, 0.1) is 13.8 Å². The van der Waals surface area contributed by atoms with Gasteiger partial charge in [0, 0.05) is 18.7 Å². The Balaban J connectivity index is 1.87. The van der Waals surface area contributed by atoms with Crippen molar-refractivity contribution < 1.29 is 23.7 Å². The van der Waals surface area contributed by atoms with Gasteiger partial charge >= 0.3 is 0 Å². The van der Waals surface area contributed by atoms with Crippen molar-refractivity contribution in [2.45, 2.75) is 13.8 Å². The summed E-state index contributed by atoms with van der Waals surface area (Å²) in [6, 6.07) is 3.20. The van der Waals surface area contributed by atoms with Crippen molar-refractivity contribution in [1.29, 1.82) is 0 Å². The first-order valence-electron chi connectivity index (χ1n) is 9.27. The number of nitrogens with one attached hydrogen (secondary N) is 1. The van der Waals surface area contributed by atoms with Crippen LogP contribution < -0.4 is 24.4 Å². The van der Waals surface area contributed by atoms with Crippen LogP contribution in [-0.2, 0) is 4.74 Å². The van der Waals surface area contributed by atoms with Gasteiger partial charge in [-0.25, -0.2) is 9.97 Å². The van der Waals surface area contributed by atoms with Crippen LogP contribution in [0.2, 0.25) is 0 Å². The van der Waals surface area contributed by atoms with Crippen LogP contribution in [0.25, 0.3) is 0 Å². The summed E-state index contributed by atoms with van der Waals surface area (Å²) in [5, 5.41) is 2.91. The predicted molar refractivity (Wildman–Crippen MR) is 109 cm³/mol. The average Bonchev–Trinajstić information content (AvgIpc) is 2.75. The Morgan fingerprint density at radius 3 is 2.03 bits per heavy atom. The number of carbonyl (C=O) groups excluding carboxylic acids is 1. The lowest BCUT2D eigenvalue weighted by molar-refractivity contribution is 0.102. The largest absolute Gasteiger partial charge is 0.493 e. The predicted octanol–water partition coefficient (Wildman–Crippen LogP) is 2.21. The Hall–Kier alpha value is -3.07. The van der Waals surface area contributed by atoms with Crippen LogP contribution in [0.5, 0.6) is 17.2 Å². The molecule has 1 aliphatic rings. The summed E-state index contributed by atoms with van der Waals surface area (Å²) in [6.07, 6.45) is 0. The molecule has 0 bridgehead atoms. The highest BCUT2D eigenvalue weighted by atomic mass is 16.5. The molecular formula is C20H26N4O5. The van der Waals surface area contributed by atoms with Gasteiger partial charge in [-0.15, -0.1) is 0 Å². The standard InChI is InChI=1S/C20H26N4O5/c1-12-17(13(2)22-20(21-12)24-6-8-29-9-7-24)23-19(25)14-10-15(26-3)18(28-5)16(11-14)27-4/h10-11H,6-9H2,1-5H3,(H,23,25). The number of anilines is 2. The number of nitrogens with zero attached hydrogens (tertiary/aromatic N) is 3. The number of morpholine rings is 1. The van der Waals surface area contributed by atoms with Gasteiger partial charge in [-0.3, -0.25) is 4.79 Å². The SMILES string of the molecule is COc1cc(C(=O)Nc2c(C)nc(N3CCOCC3)nc2C)cc(OC)c1OC. The summed E-state index contributed by atoms with van der Waals surface area (Å²) < 4.78 is 21.3. The first-order valence-corrected chi connectivity index (χ1v) is 9.27. The van der Waals surface area contributed by atoms with Gasteiger partial charge in [0.1, 0.15) is 0 Å². The molecule has 0 unspecified atom stereocenters. The lowest BCUT2D eigenvalue weighted by Crippen LogP contribution is -2.37. The van der Waals surface area contributed by atoms with Crippen molar-refractivity contribution in [3.05, 3.63) is 29.1 Å². The number of benzene rings is 1. The second-order valence-electron chi connectivity index (χ2n) is 6.54. The fourth-order valence-electron chi connectivity index (χ4n) is 3.18. The molecule has 0 aliphatic carbocycles. The van der Waals surface area contributed by atoms with E-state index in [0.29, 0.717) is 59.0 Å². The molecule has 3 rings (SSSR count). The van der Waals surface area contributed by atoms with Crippen LogP contribution in [0.3, 0.4) is 0 Å². The van der Waals surface area contributed by atoms with Gasteiger partial charge in [0.15, 0.2) is 11.5 Å². The topological polar surface area (TPSA) is 95.0 Å². The van der Waals surface area contributed by atoms with Gasteiger partial charge in [-0.1, -0.05) is 0 Å².